The van der Waals surface area contributed by atoms with Crippen molar-refractivity contribution in [3.05, 3.63) is 39.5 Å². The molecular weight excluding hydrogens is 324 g/mol. The molecule has 0 spiro atoms. The Morgan fingerprint density at radius 1 is 0.696 bits per heavy atom. The molecule has 0 aliphatic heterocycles. The Hall–Kier alpha value is -0.206. The van der Waals surface area contributed by atoms with Gasteiger partial charge in [0, 0.05) is 13.1 Å². The van der Waals surface area contributed by atoms with Crippen LogP contribution in [0, 0.1) is 0 Å². The Morgan fingerprint density at radius 2 is 0.913 bits per heavy atom. The fourth-order valence-corrected chi connectivity index (χ4v) is 1.28. The van der Waals surface area contributed by atoms with E-state index in [1.54, 1.807) is 42.3 Å². The van der Waals surface area contributed by atoms with E-state index in [1.165, 1.54) is 0 Å². The Labute approximate surface area is 159 Å². The number of hydrogen-bond donors (Lipinski definition) is 0. The molecule has 0 aliphatic rings. The maximum Gasteiger partial charge on any atom is 4.00 e. The molecule has 0 N–H and O–H groups in total. The molecule has 0 radical (unpaired) electrons. The van der Waals surface area contributed by atoms with Gasteiger partial charge >= 0.3 is 21.7 Å². The van der Waals surface area contributed by atoms with Gasteiger partial charge in [0.25, 0.3) is 0 Å². The average Bonchev–Trinajstić information content (AvgIpc) is 2.77. The topological polar surface area (TPSA) is 62.9 Å². The molecule has 0 aromatic carbocycles. The summed E-state index contributed by atoms with van der Waals surface area (Å²) in [6.07, 6.45) is 0. The average molecular weight is 360 g/mol. The Morgan fingerprint density at radius 3 is 1.09 bits per heavy atom. The van der Waals surface area contributed by atoms with E-state index in [4.69, 9.17) is 0 Å². The van der Waals surface area contributed by atoms with Crippen LogP contribution in [-0.4, -0.2) is 80.3 Å². The van der Waals surface area contributed by atoms with Crippen molar-refractivity contribution in [3.8, 4) is 0 Å². The molecule has 0 amide bonds. The van der Waals surface area contributed by atoms with E-state index in [0.29, 0.717) is 0 Å². The second kappa shape index (κ2) is 24.1. The van der Waals surface area contributed by atoms with E-state index in [2.05, 4.69) is 71.1 Å². The van der Waals surface area contributed by atoms with Crippen molar-refractivity contribution in [3.63, 3.8) is 0 Å². The van der Waals surface area contributed by atoms with E-state index in [0.717, 1.165) is 24.5 Å². The largest absolute Gasteiger partial charge is 4.00 e. The van der Waals surface area contributed by atoms with Gasteiger partial charge in [0.1, 0.15) is 0 Å². The first-order valence-electron chi connectivity index (χ1n) is 7.17. The third-order valence-electron chi connectivity index (χ3n) is 1.71. The number of rotatable bonds is 4. The molecule has 1 rings (SSSR count). The molecule has 134 valence electrons. The van der Waals surface area contributed by atoms with Crippen LogP contribution in [0.1, 0.15) is 11.4 Å². The predicted molar refractivity (Wildman–Crippen MR) is 100 cm³/mol. The van der Waals surface area contributed by atoms with Crippen LogP contribution in [0.25, 0.3) is 16.0 Å². The Balaban J connectivity index is -0.000000152. The zero-order chi connectivity index (χ0) is 18.0. The second-order valence-electron chi connectivity index (χ2n) is 5.25. The quantitative estimate of drug-likeness (QED) is 0.776. The van der Waals surface area contributed by atoms with Gasteiger partial charge in [-0.1, -0.05) is 12.1 Å². The normalized spacial score (nSPS) is 8.87. The van der Waals surface area contributed by atoms with Crippen LogP contribution < -0.4 is 4.98 Å². The zero-order valence-electron chi connectivity index (χ0n) is 16.8. The molecule has 7 heteroatoms. The van der Waals surface area contributed by atoms with Gasteiger partial charge in [0.05, 0.1) is 0 Å². The molecule has 0 bridgehead atoms. The molecule has 1 heterocycles. The minimum Gasteiger partial charge on any atom is -0.668 e. The summed E-state index contributed by atoms with van der Waals surface area (Å²) in [4.78, 5) is 8.76. The molecule has 0 fully saturated rings. The van der Waals surface area contributed by atoms with E-state index in [-0.39, 0.29) is 21.7 Å². The first-order valence-corrected chi connectivity index (χ1v) is 7.17. The molecule has 0 atom stereocenters. The van der Waals surface area contributed by atoms with Crippen molar-refractivity contribution in [2.75, 3.05) is 70.5 Å². The van der Waals surface area contributed by atoms with Gasteiger partial charge in [0.15, 0.2) is 0 Å². The molecule has 0 saturated carbocycles. The molecule has 0 saturated heterocycles. The van der Waals surface area contributed by atoms with Gasteiger partial charge in [-0.2, -0.15) is 42.3 Å². The van der Waals surface area contributed by atoms with E-state index < -0.39 is 0 Å². The summed E-state index contributed by atoms with van der Waals surface area (Å²) in [5, 5.41) is 10.5. The van der Waals surface area contributed by atoms with Gasteiger partial charge in [-0.05, 0) is 28.2 Å². The van der Waals surface area contributed by atoms with Crippen molar-refractivity contribution < 1.29 is 21.7 Å². The van der Waals surface area contributed by atoms with Crippen LogP contribution in [0.15, 0.2) is 12.1 Å². The first-order chi connectivity index (χ1) is 10.3. The van der Waals surface area contributed by atoms with Gasteiger partial charge < -0.3 is 30.7 Å². The fourth-order valence-electron chi connectivity index (χ4n) is 1.28. The minimum absolute atomic E-state index is 0. The maximum atomic E-state index is 4.51. The predicted octanol–water partition coefficient (Wildman–Crippen LogP) is 2.62. The first kappa shape index (κ1) is 30.7. The standard InChI is InChI=1S/C10H18N3.3C2H6N.Ti/c1-12(2)7-9-5-6-10(11-9)8-13(3)4;3*1-3-2;/h5-6H,7-8H2,1-4H3;3*1-2H3;/q4*-1;+4. The van der Waals surface area contributed by atoms with Crippen molar-refractivity contribution in [1.29, 1.82) is 0 Å². The third kappa shape index (κ3) is 30.3. The molecule has 1 aromatic heterocycles. The summed E-state index contributed by atoms with van der Waals surface area (Å²) < 4.78 is 0. The van der Waals surface area contributed by atoms with Gasteiger partial charge in [0.2, 0.25) is 0 Å². The summed E-state index contributed by atoms with van der Waals surface area (Å²) >= 11 is 0. The molecule has 0 aliphatic carbocycles. The van der Waals surface area contributed by atoms with Crippen LogP contribution in [0.4, 0.5) is 0 Å². The third-order valence-corrected chi connectivity index (χ3v) is 1.71. The van der Waals surface area contributed by atoms with E-state index in [1.807, 2.05) is 0 Å². The maximum absolute atomic E-state index is 4.51. The molecule has 23 heavy (non-hydrogen) atoms. The Kier molecular flexibility index (Phi) is 32.1. The van der Waals surface area contributed by atoms with Crippen LogP contribution in [0.3, 0.4) is 0 Å². The molecule has 1 aromatic rings. The SMILES string of the molecule is CN(C)Cc1ccc(CN(C)C)[n-]1.C[N-]C.C[N-]C.C[N-]C.[Ti+4]. The monoisotopic (exact) mass is 360 g/mol. The smallest absolute Gasteiger partial charge is 0.668 e. The molecular formula is C16H36N6Ti. The summed E-state index contributed by atoms with van der Waals surface area (Å²) in [6.45, 7) is 1.85. The van der Waals surface area contributed by atoms with Gasteiger partial charge in [-0.15, -0.1) is 11.4 Å². The zero-order valence-corrected chi connectivity index (χ0v) is 18.3. The molecule has 0 unspecified atom stereocenters. The van der Waals surface area contributed by atoms with Crippen LogP contribution in [-0.2, 0) is 34.8 Å². The van der Waals surface area contributed by atoms with Crippen molar-refractivity contribution in [2.24, 2.45) is 0 Å². The molecule has 6 nitrogen and oxygen atoms in total. The minimum atomic E-state index is 0. The summed E-state index contributed by atoms with van der Waals surface area (Å²) in [6, 6.07) is 4.19. The fraction of sp³-hybridized carbons (Fsp3) is 0.750. The van der Waals surface area contributed by atoms with Crippen molar-refractivity contribution in [1.82, 2.24) is 14.8 Å². The van der Waals surface area contributed by atoms with Crippen LogP contribution in [0.5, 0.6) is 0 Å². The Bertz CT molecular complexity index is 273. The second-order valence-corrected chi connectivity index (χ2v) is 5.25. The summed E-state index contributed by atoms with van der Waals surface area (Å²) in [5.41, 5.74) is 2.31. The summed E-state index contributed by atoms with van der Waals surface area (Å²) in [7, 11) is 18.7. The van der Waals surface area contributed by atoms with E-state index >= 15 is 0 Å². The summed E-state index contributed by atoms with van der Waals surface area (Å²) in [5.74, 6) is 0. The number of nitrogens with zero attached hydrogens (tertiary/aromatic N) is 6. The van der Waals surface area contributed by atoms with Gasteiger partial charge in [-0.3, -0.25) is 0 Å². The van der Waals surface area contributed by atoms with Crippen LogP contribution >= 0.6 is 0 Å². The number of aromatic nitrogens is 1. The van der Waals surface area contributed by atoms with Gasteiger partial charge in [-0.25, -0.2) is 0 Å². The van der Waals surface area contributed by atoms with E-state index in [9.17, 15) is 0 Å². The van der Waals surface area contributed by atoms with Crippen molar-refractivity contribution >= 4 is 0 Å². The van der Waals surface area contributed by atoms with Crippen molar-refractivity contribution in [2.45, 2.75) is 13.1 Å². The van der Waals surface area contributed by atoms with Crippen LogP contribution in [0.2, 0.25) is 0 Å². The number of hydrogen-bond acceptors (Lipinski definition) is 2.